The average molecular weight is 546 g/mol. The maximum Gasteiger partial charge on any atom is 0.328 e. The molecule has 2 aromatic rings. The lowest BCUT2D eigenvalue weighted by molar-refractivity contribution is -0.134. The van der Waals surface area contributed by atoms with Gasteiger partial charge in [0.25, 0.3) is 5.91 Å². The largest absolute Gasteiger partial charge is 0.478 e. The Labute approximate surface area is 226 Å². The first kappa shape index (κ1) is 29.2. The number of aryl methyl sites for hydroxylation is 1. The summed E-state index contributed by atoms with van der Waals surface area (Å²) in [5.74, 6) is -1.55. The van der Waals surface area contributed by atoms with Gasteiger partial charge in [-0.15, -0.1) is 11.3 Å². The highest BCUT2D eigenvalue weighted by Crippen LogP contribution is 2.31. The zero-order valence-electron chi connectivity index (χ0n) is 21.5. The van der Waals surface area contributed by atoms with Crippen LogP contribution < -0.4 is 4.90 Å². The number of hydrogen-bond acceptors (Lipinski definition) is 9. The number of fused-ring (bicyclic) bond motifs is 1. The van der Waals surface area contributed by atoms with E-state index in [1.54, 1.807) is 30.7 Å². The van der Waals surface area contributed by atoms with Gasteiger partial charge in [0.1, 0.15) is 0 Å². The standard InChI is InChI=1S/C22H31N5O2S.C4H4O4/c1-17(28)20-16-18-19(30-20)6-4-11-26(21(18)29)10-3-2-9-25-12-14-27(15-13-25)22-23-7-5-8-24-22;5-3(6)1-2-4(7)8/h5,7-8,16-17,28H,2-4,6,9-15H2,1H3;1-2H,(H,5,6)(H,7,8). The van der Waals surface area contributed by atoms with Crippen LogP contribution in [0.15, 0.2) is 36.7 Å². The van der Waals surface area contributed by atoms with Crippen molar-refractivity contribution in [2.24, 2.45) is 0 Å². The Morgan fingerprint density at radius 2 is 1.66 bits per heavy atom. The number of piperazine rings is 1. The van der Waals surface area contributed by atoms with Crippen LogP contribution in [-0.2, 0) is 16.0 Å². The van der Waals surface area contributed by atoms with Gasteiger partial charge in [-0.2, -0.15) is 0 Å². The van der Waals surface area contributed by atoms with Crippen molar-refractivity contribution in [3.05, 3.63) is 52.0 Å². The molecule has 1 atom stereocenters. The van der Waals surface area contributed by atoms with E-state index < -0.39 is 18.0 Å². The number of hydrogen-bond donors (Lipinski definition) is 3. The molecule has 0 aromatic carbocycles. The van der Waals surface area contributed by atoms with E-state index in [0.29, 0.717) is 12.2 Å². The van der Waals surface area contributed by atoms with E-state index in [2.05, 4.69) is 19.8 Å². The second-order valence-corrected chi connectivity index (χ2v) is 10.3. The number of nitrogens with zero attached hydrogens (tertiary/aromatic N) is 5. The van der Waals surface area contributed by atoms with Crippen molar-refractivity contribution in [3.8, 4) is 0 Å². The Morgan fingerprint density at radius 1 is 1.03 bits per heavy atom. The number of rotatable bonds is 9. The second kappa shape index (κ2) is 14.6. The molecule has 206 valence electrons. The zero-order chi connectivity index (χ0) is 27.5. The topological polar surface area (TPSA) is 147 Å². The number of aliphatic carboxylic acids is 2. The Balaban J connectivity index is 0.000000436. The highest BCUT2D eigenvalue weighted by molar-refractivity contribution is 7.12. The number of aliphatic hydroxyl groups excluding tert-OH is 1. The van der Waals surface area contributed by atoms with Crippen LogP contribution in [0.2, 0.25) is 0 Å². The number of carbonyl (C=O) groups is 3. The van der Waals surface area contributed by atoms with E-state index in [9.17, 15) is 19.5 Å². The number of anilines is 1. The Bertz CT molecular complexity index is 1080. The summed E-state index contributed by atoms with van der Waals surface area (Å²) in [5.41, 5.74) is 0.813. The fourth-order valence-corrected chi connectivity index (χ4v) is 5.48. The number of unbranched alkanes of at least 4 members (excludes halogenated alkanes) is 1. The number of amides is 1. The molecule has 3 N–H and O–H groups in total. The molecule has 1 unspecified atom stereocenters. The van der Waals surface area contributed by atoms with Crippen molar-refractivity contribution in [1.82, 2.24) is 19.8 Å². The van der Waals surface area contributed by atoms with Crippen LogP contribution in [-0.4, -0.2) is 98.7 Å². The van der Waals surface area contributed by atoms with Gasteiger partial charge in [0, 0.05) is 73.6 Å². The van der Waals surface area contributed by atoms with Gasteiger partial charge in [-0.05, 0) is 51.3 Å². The van der Waals surface area contributed by atoms with Gasteiger partial charge in [0.2, 0.25) is 5.95 Å². The molecule has 38 heavy (non-hydrogen) atoms. The summed E-state index contributed by atoms with van der Waals surface area (Å²) in [7, 11) is 0. The number of aliphatic hydroxyl groups is 1. The molecule has 0 saturated carbocycles. The van der Waals surface area contributed by atoms with Gasteiger partial charge in [-0.3, -0.25) is 9.69 Å². The predicted octanol–water partition coefficient (Wildman–Crippen LogP) is 2.29. The van der Waals surface area contributed by atoms with Gasteiger partial charge < -0.3 is 25.1 Å². The van der Waals surface area contributed by atoms with E-state index >= 15 is 0 Å². The van der Waals surface area contributed by atoms with Crippen LogP contribution >= 0.6 is 11.3 Å². The molecule has 11 nitrogen and oxygen atoms in total. The van der Waals surface area contributed by atoms with Crippen LogP contribution in [0.25, 0.3) is 0 Å². The van der Waals surface area contributed by atoms with Crippen LogP contribution in [0.3, 0.4) is 0 Å². The summed E-state index contributed by atoms with van der Waals surface area (Å²) in [6, 6.07) is 3.75. The van der Waals surface area contributed by atoms with E-state index in [4.69, 9.17) is 10.2 Å². The monoisotopic (exact) mass is 545 g/mol. The Kier molecular flexibility index (Phi) is 11.2. The minimum absolute atomic E-state index is 0.141. The van der Waals surface area contributed by atoms with E-state index in [0.717, 1.165) is 92.8 Å². The summed E-state index contributed by atoms with van der Waals surface area (Å²) in [4.78, 5) is 49.5. The molecule has 1 fully saturated rings. The highest BCUT2D eigenvalue weighted by Gasteiger charge is 2.25. The maximum atomic E-state index is 13.0. The number of thiophene rings is 1. The molecule has 4 heterocycles. The van der Waals surface area contributed by atoms with Crippen LogP contribution in [0.1, 0.15) is 52.4 Å². The minimum Gasteiger partial charge on any atom is -0.478 e. The van der Waals surface area contributed by atoms with Gasteiger partial charge in [-0.25, -0.2) is 19.6 Å². The molecular formula is C26H35N5O6S. The Hall–Kier alpha value is -3.35. The fourth-order valence-electron chi connectivity index (χ4n) is 4.34. The van der Waals surface area contributed by atoms with Crippen LogP contribution in [0, 0.1) is 0 Å². The molecule has 0 bridgehead atoms. The predicted molar refractivity (Wildman–Crippen MR) is 144 cm³/mol. The molecule has 1 amide bonds. The summed E-state index contributed by atoms with van der Waals surface area (Å²) in [6.07, 6.45) is 8.26. The number of carboxylic acids is 2. The summed E-state index contributed by atoms with van der Waals surface area (Å²) >= 11 is 1.59. The maximum absolute atomic E-state index is 13.0. The first-order valence-corrected chi connectivity index (χ1v) is 13.5. The van der Waals surface area contributed by atoms with Crippen LogP contribution in [0.5, 0.6) is 0 Å². The molecule has 0 radical (unpaired) electrons. The second-order valence-electron chi connectivity index (χ2n) is 9.15. The van der Waals surface area contributed by atoms with E-state index in [-0.39, 0.29) is 5.91 Å². The molecule has 2 aliphatic rings. The summed E-state index contributed by atoms with van der Waals surface area (Å²) in [5, 5.41) is 25.5. The van der Waals surface area contributed by atoms with Crippen molar-refractivity contribution < 1.29 is 29.7 Å². The molecule has 0 spiro atoms. The average Bonchev–Trinajstić information content (AvgIpc) is 3.28. The first-order valence-electron chi connectivity index (χ1n) is 12.7. The third-order valence-corrected chi connectivity index (χ3v) is 7.68. The molecule has 0 aliphatic carbocycles. The van der Waals surface area contributed by atoms with E-state index in [1.807, 2.05) is 17.0 Å². The lowest BCUT2D eigenvalue weighted by Gasteiger charge is -2.34. The van der Waals surface area contributed by atoms with Gasteiger partial charge in [-0.1, -0.05) is 0 Å². The molecular weight excluding hydrogens is 510 g/mol. The SMILES string of the molecule is CC(O)c1cc2c(s1)CCCN(CCCCN1CCN(c3ncccn3)CC1)C2=O.O=C(O)C=CC(=O)O. The smallest absolute Gasteiger partial charge is 0.328 e. The lowest BCUT2D eigenvalue weighted by Crippen LogP contribution is -2.47. The molecule has 4 rings (SSSR count). The summed E-state index contributed by atoms with van der Waals surface area (Å²) in [6.45, 7) is 8.46. The zero-order valence-corrected chi connectivity index (χ0v) is 22.3. The van der Waals surface area contributed by atoms with Crippen molar-refractivity contribution >= 4 is 35.1 Å². The summed E-state index contributed by atoms with van der Waals surface area (Å²) < 4.78 is 0. The Morgan fingerprint density at radius 3 is 2.26 bits per heavy atom. The number of carboxylic acid groups (broad SMARTS) is 2. The number of aromatic nitrogens is 2. The van der Waals surface area contributed by atoms with Gasteiger partial charge >= 0.3 is 11.9 Å². The normalized spacial score (nSPS) is 16.9. The molecule has 2 aliphatic heterocycles. The van der Waals surface area contributed by atoms with Gasteiger partial charge in [0.05, 0.1) is 11.7 Å². The van der Waals surface area contributed by atoms with Gasteiger partial charge in [0.15, 0.2) is 0 Å². The quantitative estimate of drug-likeness (QED) is 0.317. The number of carbonyl (C=O) groups excluding carboxylic acids is 1. The lowest BCUT2D eigenvalue weighted by atomic mass is 10.1. The minimum atomic E-state index is -1.26. The molecule has 2 aromatic heterocycles. The van der Waals surface area contributed by atoms with E-state index in [1.165, 1.54) is 0 Å². The van der Waals surface area contributed by atoms with Crippen molar-refractivity contribution in [1.29, 1.82) is 0 Å². The van der Waals surface area contributed by atoms with Crippen molar-refractivity contribution in [2.75, 3.05) is 50.7 Å². The highest BCUT2D eigenvalue weighted by atomic mass is 32.1. The third-order valence-electron chi connectivity index (χ3n) is 6.32. The fraction of sp³-hybridized carbons (Fsp3) is 0.500. The third kappa shape index (κ3) is 8.89. The van der Waals surface area contributed by atoms with Crippen molar-refractivity contribution in [3.63, 3.8) is 0 Å². The molecule has 1 saturated heterocycles. The van der Waals surface area contributed by atoms with Crippen molar-refractivity contribution in [2.45, 2.75) is 38.7 Å². The molecule has 12 heteroatoms. The van der Waals surface area contributed by atoms with Crippen LogP contribution in [0.4, 0.5) is 5.95 Å². The first-order chi connectivity index (χ1) is 18.2.